The topological polar surface area (TPSA) is 84.4 Å². The molecule has 1 atom stereocenters. The van der Waals surface area contributed by atoms with Gasteiger partial charge in [0, 0.05) is 19.3 Å². The minimum absolute atomic E-state index is 0.0122. The SMILES string of the molecule is CN(C1CCS(=O)(=O)C1)S(=O)(=O)c1cccnc1Cl. The van der Waals surface area contributed by atoms with E-state index in [1.54, 1.807) is 0 Å². The molecule has 6 nitrogen and oxygen atoms in total. The lowest BCUT2D eigenvalue weighted by Gasteiger charge is -2.22. The minimum atomic E-state index is -3.83. The van der Waals surface area contributed by atoms with Gasteiger partial charge in [-0.3, -0.25) is 0 Å². The minimum Gasteiger partial charge on any atom is -0.243 e. The largest absolute Gasteiger partial charge is 0.246 e. The summed E-state index contributed by atoms with van der Waals surface area (Å²) in [5.74, 6) is -0.140. The van der Waals surface area contributed by atoms with E-state index in [1.807, 2.05) is 0 Å². The van der Waals surface area contributed by atoms with E-state index in [1.165, 1.54) is 25.4 Å². The maximum atomic E-state index is 12.4. The molecule has 0 aromatic carbocycles. The number of aromatic nitrogens is 1. The van der Waals surface area contributed by atoms with Gasteiger partial charge in [-0.05, 0) is 18.6 Å². The Hall–Kier alpha value is -0.700. The van der Waals surface area contributed by atoms with Gasteiger partial charge in [0.25, 0.3) is 0 Å². The fraction of sp³-hybridized carbons (Fsp3) is 0.500. The van der Waals surface area contributed by atoms with Crippen molar-refractivity contribution < 1.29 is 16.8 Å². The van der Waals surface area contributed by atoms with Crippen molar-refractivity contribution in [1.82, 2.24) is 9.29 Å². The molecule has 1 aliphatic rings. The van der Waals surface area contributed by atoms with Crippen molar-refractivity contribution in [3.05, 3.63) is 23.5 Å². The average Bonchev–Trinajstić information content (AvgIpc) is 2.69. The van der Waals surface area contributed by atoms with E-state index in [4.69, 9.17) is 11.6 Å². The van der Waals surface area contributed by atoms with Crippen LogP contribution in [0.1, 0.15) is 6.42 Å². The van der Waals surface area contributed by atoms with Gasteiger partial charge in [-0.2, -0.15) is 4.31 Å². The molecule has 0 amide bonds. The molecule has 106 valence electrons. The Labute approximate surface area is 117 Å². The van der Waals surface area contributed by atoms with Gasteiger partial charge in [-0.15, -0.1) is 0 Å². The van der Waals surface area contributed by atoms with Gasteiger partial charge in [0.15, 0.2) is 9.84 Å². The van der Waals surface area contributed by atoms with Crippen molar-refractivity contribution in [3.8, 4) is 0 Å². The molecule has 1 unspecified atom stereocenters. The highest BCUT2D eigenvalue weighted by Gasteiger charge is 2.37. The first-order valence-corrected chi connectivity index (χ1v) is 9.17. The van der Waals surface area contributed by atoms with Crippen LogP contribution in [-0.4, -0.2) is 50.7 Å². The summed E-state index contributed by atoms with van der Waals surface area (Å²) in [4.78, 5) is 3.62. The Kier molecular flexibility index (Phi) is 3.87. The van der Waals surface area contributed by atoms with Gasteiger partial charge in [-0.25, -0.2) is 21.8 Å². The number of sulfonamides is 1. The van der Waals surface area contributed by atoms with Crippen LogP contribution in [0.4, 0.5) is 0 Å². The van der Waals surface area contributed by atoms with Crippen molar-refractivity contribution in [2.45, 2.75) is 17.4 Å². The Morgan fingerprint density at radius 1 is 1.47 bits per heavy atom. The second kappa shape index (κ2) is 5.01. The molecule has 0 N–H and O–H groups in total. The van der Waals surface area contributed by atoms with Crippen molar-refractivity contribution in [1.29, 1.82) is 0 Å². The van der Waals surface area contributed by atoms with Gasteiger partial charge < -0.3 is 0 Å². The predicted molar refractivity (Wildman–Crippen MR) is 71.3 cm³/mol. The first kappa shape index (κ1) is 14.7. The highest BCUT2D eigenvalue weighted by Crippen LogP contribution is 2.26. The van der Waals surface area contributed by atoms with Gasteiger partial charge in [0.05, 0.1) is 11.5 Å². The quantitative estimate of drug-likeness (QED) is 0.758. The van der Waals surface area contributed by atoms with Crippen LogP contribution in [0.2, 0.25) is 5.15 Å². The summed E-state index contributed by atoms with van der Waals surface area (Å²) in [7, 11) is -5.61. The van der Waals surface area contributed by atoms with Crippen molar-refractivity contribution >= 4 is 31.5 Å². The molecule has 1 fully saturated rings. The van der Waals surface area contributed by atoms with E-state index in [9.17, 15) is 16.8 Å². The summed E-state index contributed by atoms with van der Waals surface area (Å²) >= 11 is 5.78. The average molecular weight is 325 g/mol. The van der Waals surface area contributed by atoms with E-state index >= 15 is 0 Å². The molecule has 0 radical (unpaired) electrons. The smallest absolute Gasteiger partial charge is 0.243 e. The molecule has 0 bridgehead atoms. The summed E-state index contributed by atoms with van der Waals surface area (Å²) in [6.07, 6.45) is 1.69. The molecule has 1 saturated heterocycles. The summed E-state index contributed by atoms with van der Waals surface area (Å²) in [6, 6.07) is 2.27. The Balaban J connectivity index is 2.34. The van der Waals surface area contributed by atoms with E-state index in [2.05, 4.69) is 4.98 Å². The molecule has 0 spiro atoms. The van der Waals surface area contributed by atoms with Crippen LogP contribution in [0.25, 0.3) is 0 Å². The molecule has 1 aliphatic heterocycles. The lowest BCUT2D eigenvalue weighted by molar-refractivity contribution is 0.394. The molecule has 2 heterocycles. The van der Waals surface area contributed by atoms with Crippen LogP contribution in [0.15, 0.2) is 23.2 Å². The maximum Gasteiger partial charge on any atom is 0.246 e. The molecule has 1 aromatic heterocycles. The summed E-state index contributed by atoms with van der Waals surface area (Å²) in [5.41, 5.74) is 0. The normalized spacial score (nSPS) is 22.8. The third-order valence-electron chi connectivity index (χ3n) is 3.10. The first-order chi connectivity index (χ1) is 8.74. The fourth-order valence-electron chi connectivity index (χ4n) is 1.98. The Bertz CT molecular complexity index is 687. The molecule has 0 aliphatic carbocycles. The highest BCUT2D eigenvalue weighted by atomic mass is 35.5. The van der Waals surface area contributed by atoms with Gasteiger partial charge in [0.2, 0.25) is 10.0 Å². The first-order valence-electron chi connectivity index (χ1n) is 5.53. The molecule has 0 saturated carbocycles. The van der Waals surface area contributed by atoms with E-state index in [-0.39, 0.29) is 21.6 Å². The van der Waals surface area contributed by atoms with Crippen LogP contribution in [0.5, 0.6) is 0 Å². The number of rotatable bonds is 3. The number of halogens is 1. The van der Waals surface area contributed by atoms with Crippen molar-refractivity contribution in [2.75, 3.05) is 18.6 Å². The standard InChI is InChI=1S/C10H13ClN2O4S2/c1-13(8-4-6-18(14,15)7-8)19(16,17)9-3-2-5-12-10(9)11/h2-3,5,8H,4,6-7H2,1H3. The van der Waals surface area contributed by atoms with Crippen molar-refractivity contribution in [2.24, 2.45) is 0 Å². The maximum absolute atomic E-state index is 12.4. The lowest BCUT2D eigenvalue weighted by atomic mass is 10.3. The zero-order valence-corrected chi connectivity index (χ0v) is 12.5. The molecule has 19 heavy (non-hydrogen) atoms. The predicted octanol–water partition coefficient (Wildman–Crippen LogP) is 0.543. The monoisotopic (exact) mass is 324 g/mol. The van der Waals surface area contributed by atoms with Crippen LogP contribution in [0, 0.1) is 0 Å². The van der Waals surface area contributed by atoms with Crippen LogP contribution < -0.4 is 0 Å². The molecular weight excluding hydrogens is 312 g/mol. The van der Waals surface area contributed by atoms with E-state index in [0.29, 0.717) is 6.42 Å². The number of hydrogen-bond donors (Lipinski definition) is 0. The number of sulfone groups is 1. The third kappa shape index (κ3) is 2.91. The van der Waals surface area contributed by atoms with Crippen molar-refractivity contribution in [3.63, 3.8) is 0 Å². The Morgan fingerprint density at radius 3 is 2.68 bits per heavy atom. The summed E-state index contributed by atoms with van der Waals surface area (Å²) < 4.78 is 48.6. The van der Waals surface area contributed by atoms with Crippen LogP contribution in [0.3, 0.4) is 0 Å². The fourth-order valence-corrected chi connectivity index (χ4v) is 5.66. The Morgan fingerprint density at radius 2 is 2.16 bits per heavy atom. The number of hydrogen-bond acceptors (Lipinski definition) is 5. The third-order valence-corrected chi connectivity index (χ3v) is 7.21. The van der Waals surface area contributed by atoms with Crippen LogP contribution >= 0.6 is 11.6 Å². The van der Waals surface area contributed by atoms with E-state index < -0.39 is 25.9 Å². The van der Waals surface area contributed by atoms with Gasteiger partial charge in [-0.1, -0.05) is 11.6 Å². The second-order valence-electron chi connectivity index (χ2n) is 4.37. The molecular formula is C10H13ClN2O4S2. The van der Waals surface area contributed by atoms with Gasteiger partial charge >= 0.3 is 0 Å². The summed E-state index contributed by atoms with van der Waals surface area (Å²) in [6.45, 7) is 0. The molecule has 1 aromatic rings. The lowest BCUT2D eigenvalue weighted by Crippen LogP contribution is -2.37. The zero-order chi connectivity index (χ0) is 14.3. The zero-order valence-electron chi connectivity index (χ0n) is 10.2. The highest BCUT2D eigenvalue weighted by molar-refractivity contribution is 7.92. The summed E-state index contributed by atoms with van der Waals surface area (Å²) in [5, 5.41) is -0.116. The second-order valence-corrected chi connectivity index (χ2v) is 8.92. The number of nitrogens with zero attached hydrogens (tertiary/aromatic N) is 2. The van der Waals surface area contributed by atoms with Crippen LogP contribution in [-0.2, 0) is 19.9 Å². The molecule has 9 heteroatoms. The van der Waals surface area contributed by atoms with Gasteiger partial charge in [0.1, 0.15) is 10.0 Å². The van der Waals surface area contributed by atoms with E-state index in [0.717, 1.165) is 4.31 Å². The molecule has 2 rings (SSSR count). The number of pyridine rings is 1.